The number of benzene rings is 1. The molecule has 154 valence electrons. The zero-order chi connectivity index (χ0) is 20.6. The minimum atomic E-state index is -3.11. The zero-order valence-electron chi connectivity index (χ0n) is 16.0. The average Bonchev–Trinajstić information content (AvgIpc) is 3.35. The Morgan fingerprint density at radius 2 is 1.86 bits per heavy atom. The number of ether oxygens (including phenoxy) is 1. The van der Waals surface area contributed by atoms with E-state index < -0.39 is 22.4 Å². The summed E-state index contributed by atoms with van der Waals surface area (Å²) in [5.41, 5.74) is 1.14. The molecule has 0 unspecified atom stereocenters. The van der Waals surface area contributed by atoms with Gasteiger partial charge in [0.15, 0.2) is 22.1 Å². The van der Waals surface area contributed by atoms with Crippen LogP contribution >= 0.6 is 0 Å². The Kier molecular flexibility index (Phi) is 5.12. The van der Waals surface area contributed by atoms with E-state index in [0.717, 1.165) is 12.8 Å². The van der Waals surface area contributed by atoms with Crippen LogP contribution in [0, 0.1) is 6.92 Å². The van der Waals surface area contributed by atoms with Crippen LogP contribution in [-0.2, 0) is 19.4 Å². The number of aryl methyl sites for hydroxylation is 1. The third kappa shape index (κ3) is 4.31. The van der Waals surface area contributed by atoms with E-state index >= 15 is 0 Å². The van der Waals surface area contributed by atoms with E-state index in [4.69, 9.17) is 4.74 Å². The number of aromatic nitrogens is 3. The van der Waals surface area contributed by atoms with Gasteiger partial charge in [0, 0.05) is 12.1 Å². The Morgan fingerprint density at radius 3 is 2.48 bits per heavy atom. The summed E-state index contributed by atoms with van der Waals surface area (Å²) in [6.07, 6.45) is 2.13. The van der Waals surface area contributed by atoms with Crippen molar-refractivity contribution in [3.8, 4) is 5.69 Å². The maximum atomic E-state index is 12.7. The lowest BCUT2D eigenvalue weighted by atomic mass is 10.2. The molecular weight excluding hydrogens is 396 g/mol. The number of carbonyl (C=O) groups is 2. The molecule has 1 saturated heterocycles. The van der Waals surface area contributed by atoms with Gasteiger partial charge in [-0.25, -0.2) is 13.2 Å². The fourth-order valence-corrected chi connectivity index (χ4v) is 5.28. The molecule has 2 aliphatic rings. The van der Waals surface area contributed by atoms with Crippen LogP contribution in [0.1, 0.15) is 35.4 Å². The summed E-state index contributed by atoms with van der Waals surface area (Å²) in [7, 11) is -3.11. The van der Waals surface area contributed by atoms with Crippen LogP contribution < -0.4 is 0 Å². The van der Waals surface area contributed by atoms with E-state index in [-0.39, 0.29) is 35.2 Å². The molecule has 2 aromatic rings. The fourth-order valence-electron chi connectivity index (χ4n) is 3.57. The summed E-state index contributed by atoms with van der Waals surface area (Å²) in [4.78, 5) is 28.1. The van der Waals surface area contributed by atoms with Gasteiger partial charge in [-0.2, -0.15) is 9.90 Å². The van der Waals surface area contributed by atoms with Crippen LogP contribution in [0.25, 0.3) is 5.69 Å². The largest absolute Gasteiger partial charge is 0.451 e. The number of hydrogen-bond acceptors (Lipinski definition) is 7. The second-order valence-corrected chi connectivity index (χ2v) is 9.65. The highest BCUT2D eigenvalue weighted by atomic mass is 32.2. The molecule has 1 aromatic heterocycles. The molecule has 0 radical (unpaired) electrons. The van der Waals surface area contributed by atoms with Crippen molar-refractivity contribution in [1.82, 2.24) is 19.9 Å². The quantitative estimate of drug-likeness (QED) is 0.641. The van der Waals surface area contributed by atoms with Gasteiger partial charge in [-0.15, -0.1) is 5.10 Å². The number of esters is 1. The first-order valence-electron chi connectivity index (χ1n) is 9.52. The Balaban J connectivity index is 1.41. The summed E-state index contributed by atoms with van der Waals surface area (Å²) < 4.78 is 28.8. The van der Waals surface area contributed by atoms with Gasteiger partial charge in [-0.1, -0.05) is 18.2 Å². The third-order valence-electron chi connectivity index (χ3n) is 5.12. The lowest BCUT2D eigenvalue weighted by Crippen LogP contribution is -2.44. The monoisotopic (exact) mass is 418 g/mol. The Bertz CT molecular complexity index is 1030. The van der Waals surface area contributed by atoms with Crippen molar-refractivity contribution >= 4 is 21.7 Å². The SMILES string of the molecule is Cc1nn(-c2ccccc2)nc1C(=O)OCC(=O)N(C1CC1)[C@@H]1CCS(=O)(=O)C1. The molecule has 2 fully saturated rings. The van der Waals surface area contributed by atoms with Gasteiger partial charge in [0.25, 0.3) is 5.91 Å². The van der Waals surface area contributed by atoms with Crippen molar-refractivity contribution < 1.29 is 22.7 Å². The number of nitrogens with zero attached hydrogens (tertiary/aromatic N) is 4. The van der Waals surface area contributed by atoms with Crippen molar-refractivity contribution in [2.75, 3.05) is 18.1 Å². The number of para-hydroxylation sites is 1. The van der Waals surface area contributed by atoms with E-state index in [2.05, 4.69) is 10.2 Å². The van der Waals surface area contributed by atoms with Crippen LogP contribution in [0.4, 0.5) is 0 Å². The van der Waals surface area contributed by atoms with Crippen LogP contribution in [0.2, 0.25) is 0 Å². The van der Waals surface area contributed by atoms with Crippen molar-refractivity contribution in [2.24, 2.45) is 0 Å². The van der Waals surface area contributed by atoms with Crippen LogP contribution in [-0.4, -0.2) is 70.4 Å². The van der Waals surface area contributed by atoms with E-state index in [0.29, 0.717) is 17.8 Å². The van der Waals surface area contributed by atoms with Crippen molar-refractivity contribution in [3.05, 3.63) is 41.7 Å². The zero-order valence-corrected chi connectivity index (χ0v) is 16.8. The van der Waals surface area contributed by atoms with Gasteiger partial charge in [0.05, 0.1) is 22.9 Å². The van der Waals surface area contributed by atoms with Crippen molar-refractivity contribution in [2.45, 2.75) is 38.3 Å². The summed E-state index contributed by atoms with van der Waals surface area (Å²) in [5.74, 6) is -1.02. The first-order valence-corrected chi connectivity index (χ1v) is 11.3. The molecule has 2 heterocycles. The maximum absolute atomic E-state index is 12.7. The Hall–Kier alpha value is -2.75. The van der Waals surface area contributed by atoms with Crippen LogP contribution in [0.3, 0.4) is 0 Å². The normalized spacial score (nSPS) is 20.4. The van der Waals surface area contributed by atoms with Gasteiger partial charge in [0.2, 0.25) is 0 Å². The molecular formula is C19H22N4O5S. The maximum Gasteiger partial charge on any atom is 0.361 e. The second-order valence-electron chi connectivity index (χ2n) is 7.42. The van der Waals surface area contributed by atoms with Crippen LogP contribution in [0.15, 0.2) is 30.3 Å². The summed E-state index contributed by atoms with van der Waals surface area (Å²) in [6, 6.07) is 8.85. The molecule has 0 N–H and O–H groups in total. The molecule has 0 bridgehead atoms. The number of rotatable bonds is 6. The van der Waals surface area contributed by atoms with Gasteiger partial charge in [0.1, 0.15) is 0 Å². The average molecular weight is 418 g/mol. The highest BCUT2D eigenvalue weighted by Crippen LogP contribution is 2.32. The molecule has 1 aliphatic heterocycles. The topological polar surface area (TPSA) is 111 Å². The highest BCUT2D eigenvalue weighted by molar-refractivity contribution is 7.91. The van der Waals surface area contributed by atoms with E-state index in [1.165, 1.54) is 4.80 Å². The molecule has 1 saturated carbocycles. The second kappa shape index (κ2) is 7.58. The molecule has 1 aliphatic carbocycles. The molecule has 9 nitrogen and oxygen atoms in total. The first-order chi connectivity index (χ1) is 13.8. The smallest absolute Gasteiger partial charge is 0.361 e. The summed E-state index contributed by atoms with van der Waals surface area (Å²) in [6.45, 7) is 1.20. The van der Waals surface area contributed by atoms with E-state index in [9.17, 15) is 18.0 Å². The summed E-state index contributed by atoms with van der Waals surface area (Å²) >= 11 is 0. The molecule has 4 rings (SSSR count). The lowest BCUT2D eigenvalue weighted by Gasteiger charge is -2.28. The van der Waals surface area contributed by atoms with Crippen molar-refractivity contribution in [3.63, 3.8) is 0 Å². The number of carbonyl (C=O) groups excluding carboxylic acids is 2. The Morgan fingerprint density at radius 1 is 1.14 bits per heavy atom. The minimum absolute atomic E-state index is 0.0201. The van der Waals surface area contributed by atoms with Gasteiger partial charge < -0.3 is 9.64 Å². The molecule has 1 aromatic carbocycles. The van der Waals surface area contributed by atoms with Gasteiger partial charge in [-0.05, 0) is 38.3 Å². The molecule has 1 amide bonds. The number of sulfone groups is 1. The van der Waals surface area contributed by atoms with E-state index in [1.54, 1.807) is 24.0 Å². The summed E-state index contributed by atoms with van der Waals surface area (Å²) in [5, 5.41) is 8.40. The predicted octanol–water partition coefficient (Wildman–Crippen LogP) is 0.911. The van der Waals surface area contributed by atoms with E-state index in [1.807, 2.05) is 18.2 Å². The fraction of sp³-hybridized carbons (Fsp3) is 0.474. The third-order valence-corrected chi connectivity index (χ3v) is 6.87. The molecule has 1 atom stereocenters. The minimum Gasteiger partial charge on any atom is -0.451 e. The first kappa shape index (κ1) is 19.6. The Labute approximate surface area is 168 Å². The van der Waals surface area contributed by atoms with Gasteiger partial charge in [-0.3, -0.25) is 4.79 Å². The lowest BCUT2D eigenvalue weighted by molar-refractivity contribution is -0.137. The molecule has 10 heteroatoms. The van der Waals surface area contributed by atoms with Crippen molar-refractivity contribution in [1.29, 1.82) is 0 Å². The van der Waals surface area contributed by atoms with Crippen LogP contribution in [0.5, 0.6) is 0 Å². The highest BCUT2D eigenvalue weighted by Gasteiger charge is 2.42. The van der Waals surface area contributed by atoms with Gasteiger partial charge >= 0.3 is 5.97 Å². The number of amides is 1. The molecule has 0 spiro atoms. The number of hydrogen-bond donors (Lipinski definition) is 0. The predicted molar refractivity (Wildman–Crippen MR) is 103 cm³/mol. The molecule has 29 heavy (non-hydrogen) atoms. The standard InChI is InChI=1S/C19H22N4O5S/c1-13-18(21-23(20-13)15-5-3-2-4-6-15)19(25)28-11-17(24)22(14-7-8-14)16-9-10-29(26,27)12-16/h2-6,14,16H,7-12H2,1H3/t16-/m1/s1.